The first-order valence-electron chi connectivity index (χ1n) is 15.9. The monoisotopic (exact) mass is 716 g/mol. The molecule has 3 aromatic rings. The smallest absolute Gasteiger partial charge is 0.416 e. The molecular formula is C33H36ClF3N8O5. The van der Waals surface area contributed by atoms with Crippen LogP contribution in [0.5, 0.6) is 5.75 Å². The van der Waals surface area contributed by atoms with E-state index in [9.17, 15) is 32.7 Å². The number of hydrogen-bond donors (Lipinski definition) is 3. The Balaban J connectivity index is 1.33. The molecule has 0 aliphatic carbocycles. The number of halogens is 4. The third kappa shape index (κ3) is 9.04. The number of ether oxygens (including phenoxy) is 1. The highest BCUT2D eigenvalue weighted by atomic mass is 35.5. The topological polar surface area (TPSA) is 168 Å². The first kappa shape index (κ1) is 36.5. The third-order valence-electron chi connectivity index (χ3n) is 8.61. The molecule has 2 amide bonds. The minimum absolute atomic E-state index is 0.0304. The van der Waals surface area contributed by atoms with Crippen molar-refractivity contribution in [3.05, 3.63) is 86.8 Å². The van der Waals surface area contributed by atoms with Gasteiger partial charge in [-0.3, -0.25) is 19.5 Å². The van der Waals surface area contributed by atoms with Crippen molar-refractivity contribution in [3.63, 3.8) is 0 Å². The lowest BCUT2D eigenvalue weighted by molar-refractivity contribution is -0.137. The highest BCUT2D eigenvalue weighted by molar-refractivity contribution is 6.33. The Morgan fingerprint density at radius 3 is 2.64 bits per heavy atom. The second-order valence-corrected chi connectivity index (χ2v) is 12.5. The minimum atomic E-state index is -4.61. The van der Waals surface area contributed by atoms with Crippen molar-refractivity contribution < 1.29 is 32.6 Å². The van der Waals surface area contributed by atoms with E-state index in [-0.39, 0.29) is 45.8 Å². The molecule has 4 heterocycles. The quantitative estimate of drug-likeness (QED) is 0.294. The number of amides is 2. The SMILES string of the molecule is Cc1ncnc(C(=O)N2CCC(CCc3cc(=O)n(CC(=O)Nc4ccc(C(F)(F)F)cc4Cl)[nH]c(C4=CCOCC4)ncn3)CC2C)c1O. The van der Waals surface area contributed by atoms with Gasteiger partial charge >= 0.3 is 6.18 Å². The number of benzene rings is 1. The van der Waals surface area contributed by atoms with E-state index in [0.717, 1.165) is 22.4 Å². The number of alkyl halides is 3. The van der Waals surface area contributed by atoms with E-state index in [0.29, 0.717) is 69.3 Å². The molecule has 0 saturated carbocycles. The van der Waals surface area contributed by atoms with Crippen LogP contribution in [-0.2, 0) is 28.7 Å². The van der Waals surface area contributed by atoms with Crippen LogP contribution in [0.3, 0.4) is 0 Å². The van der Waals surface area contributed by atoms with E-state index >= 15 is 0 Å². The zero-order chi connectivity index (χ0) is 36.0. The molecule has 0 radical (unpaired) electrons. The van der Waals surface area contributed by atoms with Gasteiger partial charge in [0, 0.05) is 24.3 Å². The number of carbonyl (C=O) groups is 2. The second-order valence-electron chi connectivity index (χ2n) is 12.1. The Labute approximate surface area is 289 Å². The van der Waals surface area contributed by atoms with Gasteiger partial charge in [-0.1, -0.05) is 17.7 Å². The van der Waals surface area contributed by atoms with Gasteiger partial charge in [-0.15, -0.1) is 0 Å². The van der Waals surface area contributed by atoms with Crippen molar-refractivity contribution in [3.8, 4) is 5.75 Å². The van der Waals surface area contributed by atoms with Crippen molar-refractivity contribution in [1.29, 1.82) is 0 Å². The van der Waals surface area contributed by atoms with E-state index < -0.39 is 29.8 Å². The molecule has 2 aliphatic heterocycles. The van der Waals surface area contributed by atoms with Gasteiger partial charge in [-0.25, -0.2) is 24.6 Å². The summed E-state index contributed by atoms with van der Waals surface area (Å²) in [6, 6.07) is 3.73. The molecule has 0 bridgehead atoms. The van der Waals surface area contributed by atoms with E-state index in [2.05, 4.69) is 30.4 Å². The summed E-state index contributed by atoms with van der Waals surface area (Å²) in [4.78, 5) is 58.3. The van der Waals surface area contributed by atoms with Gasteiger partial charge in [0.05, 0.1) is 35.2 Å². The molecule has 266 valence electrons. The number of aromatic nitrogens is 6. The van der Waals surface area contributed by atoms with Gasteiger partial charge in [-0.05, 0) is 75.6 Å². The molecule has 2 unspecified atom stereocenters. The number of hydrogen-bond acceptors (Lipinski definition) is 9. The van der Waals surface area contributed by atoms with Crippen LogP contribution in [0.4, 0.5) is 18.9 Å². The van der Waals surface area contributed by atoms with Crippen molar-refractivity contribution in [2.45, 2.75) is 64.7 Å². The van der Waals surface area contributed by atoms with Crippen LogP contribution in [-0.4, -0.2) is 77.3 Å². The summed E-state index contributed by atoms with van der Waals surface area (Å²) in [7, 11) is 0. The number of likely N-dealkylation sites (tertiary alicyclic amines) is 1. The normalized spacial score (nSPS) is 17.9. The first-order chi connectivity index (χ1) is 23.8. The molecule has 5 rings (SSSR count). The number of aryl methyl sites for hydroxylation is 2. The van der Waals surface area contributed by atoms with Crippen LogP contribution in [0.25, 0.3) is 5.57 Å². The van der Waals surface area contributed by atoms with Crippen LogP contribution >= 0.6 is 11.6 Å². The van der Waals surface area contributed by atoms with E-state index in [1.807, 2.05) is 6.92 Å². The molecule has 2 aliphatic rings. The summed E-state index contributed by atoms with van der Waals surface area (Å²) in [6.45, 7) is 4.21. The predicted octanol–water partition coefficient (Wildman–Crippen LogP) is 4.88. The molecule has 1 fully saturated rings. The van der Waals surface area contributed by atoms with Crippen molar-refractivity contribution in [1.82, 2.24) is 34.6 Å². The number of aromatic amines is 1. The molecule has 2 atom stereocenters. The van der Waals surface area contributed by atoms with Gasteiger partial charge in [0.15, 0.2) is 11.4 Å². The van der Waals surface area contributed by atoms with Crippen molar-refractivity contribution in [2.24, 2.45) is 5.92 Å². The molecule has 50 heavy (non-hydrogen) atoms. The van der Waals surface area contributed by atoms with Gasteiger partial charge in [-0.2, -0.15) is 13.2 Å². The van der Waals surface area contributed by atoms with E-state index in [1.165, 1.54) is 18.7 Å². The fourth-order valence-electron chi connectivity index (χ4n) is 5.85. The number of carbonyl (C=O) groups excluding carboxylic acids is 2. The predicted molar refractivity (Wildman–Crippen MR) is 177 cm³/mol. The number of nitrogens with one attached hydrogen (secondary N) is 2. The van der Waals surface area contributed by atoms with E-state index in [1.54, 1.807) is 17.9 Å². The van der Waals surface area contributed by atoms with Gasteiger partial charge in [0.2, 0.25) is 5.91 Å². The number of rotatable bonds is 8. The maximum atomic E-state index is 13.6. The molecule has 13 nitrogen and oxygen atoms in total. The highest BCUT2D eigenvalue weighted by Gasteiger charge is 2.32. The lowest BCUT2D eigenvalue weighted by atomic mass is 9.87. The Morgan fingerprint density at radius 2 is 1.94 bits per heavy atom. The second kappa shape index (κ2) is 15.8. The zero-order valence-electron chi connectivity index (χ0n) is 27.3. The number of nitrogens with zero attached hydrogens (tertiary/aromatic N) is 6. The third-order valence-corrected chi connectivity index (χ3v) is 8.92. The summed E-state index contributed by atoms with van der Waals surface area (Å²) >= 11 is 6.03. The summed E-state index contributed by atoms with van der Waals surface area (Å²) in [5.41, 5.74) is -0.149. The van der Waals surface area contributed by atoms with Crippen LogP contribution in [0.15, 0.2) is 47.8 Å². The van der Waals surface area contributed by atoms with Crippen molar-refractivity contribution in [2.75, 3.05) is 25.1 Å². The Kier molecular flexibility index (Phi) is 11.5. The lowest BCUT2D eigenvalue weighted by Gasteiger charge is -2.37. The summed E-state index contributed by atoms with van der Waals surface area (Å²) < 4.78 is 45.7. The number of anilines is 1. The zero-order valence-corrected chi connectivity index (χ0v) is 28.1. The minimum Gasteiger partial charge on any atom is -0.504 e. The molecule has 0 spiro atoms. The van der Waals surface area contributed by atoms with Gasteiger partial charge in [0.1, 0.15) is 25.0 Å². The number of aromatic hydroxyl groups is 1. The summed E-state index contributed by atoms with van der Waals surface area (Å²) in [5.74, 6) is -0.822. The average Bonchev–Trinajstić information content (AvgIpc) is 3.14. The maximum Gasteiger partial charge on any atom is 0.416 e. The molecule has 2 aromatic heterocycles. The fourth-order valence-corrected chi connectivity index (χ4v) is 6.08. The standard InChI is InChI=1S/C33H36ClF3N8O5/c1-19-13-21(7-10-44(19)32(49)29-30(48)20(2)38-17-40-29)3-5-24-15-28(47)45(43-31(41-18-39-24)22-8-11-50-12-9-22)16-27(46)42-26-6-4-23(14-25(26)34)33(35,36)37/h4,6,8,14-15,17-19,21,48H,3,5,7,9-13,16H2,1-2H3,(H,42,46)(H,39,41,43). The number of piperidine rings is 1. The summed E-state index contributed by atoms with van der Waals surface area (Å²) in [5, 5.41) is 15.4. The molecule has 3 N–H and O–H groups in total. The Morgan fingerprint density at radius 1 is 1.16 bits per heavy atom. The molecule has 1 aromatic carbocycles. The largest absolute Gasteiger partial charge is 0.504 e. The molecule has 1 saturated heterocycles. The maximum absolute atomic E-state index is 13.6. The van der Waals surface area contributed by atoms with E-state index in [4.69, 9.17) is 16.3 Å². The van der Waals surface area contributed by atoms with Crippen LogP contribution in [0.2, 0.25) is 5.02 Å². The van der Waals surface area contributed by atoms with Gasteiger partial charge in [0.25, 0.3) is 11.5 Å². The first-order valence-corrected chi connectivity index (χ1v) is 16.3. The molecular weight excluding hydrogens is 681 g/mol. The lowest BCUT2D eigenvalue weighted by Crippen LogP contribution is -2.45. The fraction of sp³-hybridized carbons (Fsp3) is 0.424. The summed E-state index contributed by atoms with van der Waals surface area (Å²) in [6.07, 6.45) is 2.69. The average molecular weight is 717 g/mol. The Hall–Kier alpha value is -4.83. The van der Waals surface area contributed by atoms with Crippen LogP contribution in [0.1, 0.15) is 65.9 Å². The highest BCUT2D eigenvalue weighted by Crippen LogP contribution is 2.34. The van der Waals surface area contributed by atoms with Crippen molar-refractivity contribution >= 4 is 34.7 Å². The molecule has 17 heteroatoms. The number of H-pyrrole nitrogens is 1. The van der Waals surface area contributed by atoms with Crippen LogP contribution in [0, 0.1) is 12.8 Å². The Bertz CT molecular complexity index is 1900. The van der Waals surface area contributed by atoms with Gasteiger partial charge < -0.3 is 20.1 Å². The van der Waals surface area contributed by atoms with Crippen LogP contribution < -0.4 is 10.9 Å².